The summed E-state index contributed by atoms with van der Waals surface area (Å²) in [6, 6.07) is 13.8. The molecule has 8 heteroatoms. The highest BCUT2D eigenvalue weighted by Crippen LogP contribution is 2.78. The van der Waals surface area contributed by atoms with Gasteiger partial charge in [-0.2, -0.15) is 0 Å². The van der Waals surface area contributed by atoms with Gasteiger partial charge >= 0.3 is 0 Å². The van der Waals surface area contributed by atoms with Gasteiger partial charge in [-0.05, 0) is 99.3 Å². The quantitative estimate of drug-likeness (QED) is 0.291. The number of aliphatic hydroxyl groups excluding tert-OH is 1. The number of hydrogen-bond acceptors (Lipinski definition) is 7. The van der Waals surface area contributed by atoms with Crippen molar-refractivity contribution in [3.8, 4) is 0 Å². The van der Waals surface area contributed by atoms with Crippen LogP contribution in [-0.4, -0.2) is 70.4 Å². The molecule has 1 amide bonds. The number of furan rings is 1. The zero-order valence-corrected chi connectivity index (χ0v) is 28.3. The third kappa shape index (κ3) is 3.77. The molecule has 8 aliphatic rings. The summed E-state index contributed by atoms with van der Waals surface area (Å²) < 4.78 is 5.72. The van der Waals surface area contributed by atoms with E-state index in [2.05, 4.69) is 59.3 Å². The molecule has 1 aromatic carbocycles. The molecule has 8 nitrogen and oxygen atoms in total. The number of carbonyl (C=O) groups is 2. The first-order valence-corrected chi connectivity index (χ1v) is 18.3. The number of rotatable bonds is 5. The number of benzene rings is 1. The van der Waals surface area contributed by atoms with Crippen LogP contribution < -0.4 is 10.2 Å². The Morgan fingerprint density at radius 3 is 2.42 bits per heavy atom. The van der Waals surface area contributed by atoms with Crippen molar-refractivity contribution in [1.29, 1.82) is 0 Å². The zero-order chi connectivity index (χ0) is 33.2. The standard InChI is InChI=1S/C40H49N3O5/c1-35-13-10-28(44)23-37(35)16-17-40(29(24-37)33(45)30-9-6-22-48-30)31(35)11-14-36(2)32(40)12-15-39(36,47)25-42-20-18-38(19-21-42)34(46)41-26-43(38)27-7-4-3-5-8-27/h3-9,16-17,22,24,28,31-32,44,47H,10-15,18-21,23,25-26H2,1-2H3,(H,41,46). The van der Waals surface area contributed by atoms with E-state index in [1.807, 2.05) is 18.2 Å². The van der Waals surface area contributed by atoms with E-state index in [1.54, 1.807) is 18.4 Å². The van der Waals surface area contributed by atoms with E-state index in [0.29, 0.717) is 31.8 Å². The Kier molecular flexibility index (Phi) is 6.54. The minimum Gasteiger partial charge on any atom is -0.461 e. The number of para-hydroxylation sites is 1. The van der Waals surface area contributed by atoms with Crippen LogP contribution in [0.5, 0.6) is 0 Å². The van der Waals surface area contributed by atoms with E-state index < -0.39 is 22.0 Å². The number of nitrogens with zero attached hydrogens (tertiary/aromatic N) is 2. The fourth-order valence-corrected chi connectivity index (χ4v) is 12.6. The fraction of sp³-hybridized carbons (Fsp3) is 0.600. The minimum atomic E-state index is -0.915. The number of carbonyl (C=O) groups excluding carboxylic acids is 2. The lowest BCUT2D eigenvalue weighted by molar-refractivity contribution is -0.177. The molecule has 3 heterocycles. The van der Waals surface area contributed by atoms with Crippen LogP contribution in [0, 0.1) is 33.5 Å². The van der Waals surface area contributed by atoms with Crippen molar-refractivity contribution in [2.45, 2.75) is 88.9 Å². The number of piperidine rings is 1. The SMILES string of the molecule is CC12CCC(O)CC13C=CC1(C(C(=O)c4ccco4)=C3)C2CCC2(C)C1CCC2(O)CN1CCC2(CC1)C(=O)NCN2c1ccccc1. The van der Waals surface area contributed by atoms with Gasteiger partial charge in [-0.3, -0.25) is 9.59 Å². The number of anilines is 1. The average molecular weight is 652 g/mol. The normalized spacial score (nSPS) is 42.7. The van der Waals surface area contributed by atoms with E-state index >= 15 is 0 Å². The Morgan fingerprint density at radius 1 is 0.938 bits per heavy atom. The number of nitrogens with one attached hydrogen (secondary N) is 1. The molecule has 1 aromatic heterocycles. The zero-order valence-electron chi connectivity index (χ0n) is 28.3. The van der Waals surface area contributed by atoms with Gasteiger partial charge in [-0.25, -0.2) is 0 Å². The number of aliphatic hydroxyl groups is 2. The van der Waals surface area contributed by atoms with Crippen molar-refractivity contribution in [3.05, 3.63) is 78.3 Å². The van der Waals surface area contributed by atoms with Gasteiger partial charge < -0.3 is 29.7 Å². The Morgan fingerprint density at radius 2 is 1.67 bits per heavy atom. The van der Waals surface area contributed by atoms with Crippen LogP contribution in [-0.2, 0) is 4.79 Å². The predicted molar refractivity (Wildman–Crippen MR) is 182 cm³/mol. The first-order chi connectivity index (χ1) is 23.0. The van der Waals surface area contributed by atoms with E-state index in [4.69, 9.17) is 4.42 Å². The molecule has 3 spiro atoms. The monoisotopic (exact) mass is 651 g/mol. The van der Waals surface area contributed by atoms with E-state index in [9.17, 15) is 19.8 Å². The molecule has 254 valence electrons. The maximum atomic E-state index is 14.4. The largest absolute Gasteiger partial charge is 0.461 e. The smallest absolute Gasteiger partial charge is 0.247 e. The molecule has 8 unspecified atom stereocenters. The molecule has 2 bridgehead atoms. The number of fused-ring (bicyclic) bond motifs is 1. The van der Waals surface area contributed by atoms with Gasteiger partial charge in [-0.15, -0.1) is 0 Å². The van der Waals surface area contributed by atoms with Gasteiger partial charge in [-0.1, -0.05) is 50.3 Å². The maximum absolute atomic E-state index is 14.4. The molecule has 3 saturated carbocycles. The molecule has 6 aliphatic carbocycles. The molecular weight excluding hydrogens is 602 g/mol. The number of allylic oxidation sites excluding steroid dienone is 4. The van der Waals surface area contributed by atoms with Gasteiger partial charge in [0, 0.05) is 47.1 Å². The summed E-state index contributed by atoms with van der Waals surface area (Å²) in [7, 11) is 0. The Labute approximate surface area is 283 Å². The van der Waals surface area contributed by atoms with Crippen LogP contribution in [0.3, 0.4) is 0 Å². The summed E-state index contributed by atoms with van der Waals surface area (Å²) in [5.41, 5.74) is -0.901. The molecule has 5 fully saturated rings. The van der Waals surface area contributed by atoms with Crippen molar-refractivity contribution in [1.82, 2.24) is 10.2 Å². The Balaban J connectivity index is 1.03. The van der Waals surface area contributed by atoms with Gasteiger partial charge in [0.05, 0.1) is 24.6 Å². The maximum Gasteiger partial charge on any atom is 0.247 e. The van der Waals surface area contributed by atoms with Crippen LogP contribution in [0.1, 0.15) is 82.2 Å². The molecule has 3 N–H and O–H groups in total. The molecular formula is C40H49N3O5. The van der Waals surface area contributed by atoms with Crippen molar-refractivity contribution < 1.29 is 24.2 Å². The first-order valence-electron chi connectivity index (χ1n) is 18.3. The third-order valence-electron chi connectivity index (χ3n) is 15.3. The Bertz CT molecular complexity index is 1700. The fourth-order valence-electron chi connectivity index (χ4n) is 12.6. The number of β-amino-alcohol motifs (C(OH)–C–C–N with tert-alkyl or cyclic N) is 1. The van der Waals surface area contributed by atoms with Gasteiger partial charge in [0.2, 0.25) is 11.7 Å². The molecule has 10 rings (SSSR count). The molecule has 2 aromatic rings. The first kappa shape index (κ1) is 30.8. The average Bonchev–Trinajstić information content (AvgIpc) is 3.80. The second-order valence-corrected chi connectivity index (χ2v) is 16.9. The molecule has 8 atom stereocenters. The lowest BCUT2D eigenvalue weighted by Gasteiger charge is -2.71. The third-order valence-corrected chi connectivity index (χ3v) is 15.3. The summed E-state index contributed by atoms with van der Waals surface area (Å²) >= 11 is 0. The summed E-state index contributed by atoms with van der Waals surface area (Å²) in [6.07, 6.45) is 15.3. The van der Waals surface area contributed by atoms with Crippen LogP contribution >= 0.6 is 0 Å². The number of amides is 1. The van der Waals surface area contributed by atoms with Crippen molar-refractivity contribution in [2.24, 2.45) is 33.5 Å². The number of Topliss-reactive ketones (excluding diaryl/α,β-unsaturated/α-hetero) is 1. The summed E-state index contributed by atoms with van der Waals surface area (Å²) in [5.74, 6) is 0.781. The van der Waals surface area contributed by atoms with E-state index in [-0.39, 0.29) is 40.5 Å². The highest BCUT2D eigenvalue weighted by atomic mass is 16.3. The molecule has 2 aliphatic heterocycles. The summed E-state index contributed by atoms with van der Waals surface area (Å²) in [6.45, 7) is 7.31. The van der Waals surface area contributed by atoms with Gasteiger partial charge in [0.15, 0.2) is 5.76 Å². The lowest BCUT2D eigenvalue weighted by Crippen LogP contribution is -2.67. The van der Waals surface area contributed by atoms with E-state index in [1.165, 1.54) is 0 Å². The van der Waals surface area contributed by atoms with Crippen LogP contribution in [0.15, 0.2) is 76.9 Å². The second-order valence-electron chi connectivity index (χ2n) is 16.9. The number of likely N-dealkylation sites (tertiary alicyclic amines) is 1. The van der Waals surface area contributed by atoms with Crippen molar-refractivity contribution >= 4 is 17.4 Å². The van der Waals surface area contributed by atoms with Crippen LogP contribution in [0.25, 0.3) is 0 Å². The molecule has 2 saturated heterocycles. The lowest BCUT2D eigenvalue weighted by atomic mass is 9.32. The van der Waals surface area contributed by atoms with E-state index in [0.717, 1.165) is 69.3 Å². The summed E-state index contributed by atoms with van der Waals surface area (Å²) in [4.78, 5) is 32.4. The summed E-state index contributed by atoms with van der Waals surface area (Å²) in [5, 5.41) is 26.9. The van der Waals surface area contributed by atoms with Gasteiger partial charge in [0.25, 0.3) is 0 Å². The molecule has 48 heavy (non-hydrogen) atoms. The highest BCUT2D eigenvalue weighted by Gasteiger charge is 2.74. The van der Waals surface area contributed by atoms with Gasteiger partial charge in [0.1, 0.15) is 5.54 Å². The minimum absolute atomic E-state index is 0.0466. The predicted octanol–water partition coefficient (Wildman–Crippen LogP) is 5.48. The van der Waals surface area contributed by atoms with Crippen LogP contribution in [0.2, 0.25) is 0 Å². The van der Waals surface area contributed by atoms with Crippen molar-refractivity contribution in [2.75, 3.05) is 31.2 Å². The number of ketones is 1. The van der Waals surface area contributed by atoms with Crippen molar-refractivity contribution in [3.63, 3.8) is 0 Å². The van der Waals surface area contributed by atoms with Crippen LogP contribution in [0.4, 0.5) is 5.69 Å². The number of hydrogen-bond donors (Lipinski definition) is 3. The molecule has 0 radical (unpaired) electrons. The Hall–Kier alpha value is -3.20. The second kappa shape index (κ2) is 10.2. The topological polar surface area (TPSA) is 106 Å². The highest BCUT2D eigenvalue weighted by molar-refractivity contribution is 6.08.